The minimum atomic E-state index is -1.13. The molecule has 1 saturated heterocycles. The van der Waals surface area contributed by atoms with Crippen LogP contribution in [0.3, 0.4) is 0 Å². The van der Waals surface area contributed by atoms with E-state index in [2.05, 4.69) is 9.97 Å². The molecule has 0 radical (unpaired) electrons. The number of aromatic carboxylic acids is 1. The molecule has 38 heavy (non-hydrogen) atoms. The number of hydrogen-bond acceptors (Lipinski definition) is 7. The van der Waals surface area contributed by atoms with Crippen LogP contribution in [0.1, 0.15) is 27.5 Å². The number of aliphatic hydroxyl groups is 1. The Labute approximate surface area is 220 Å². The molecule has 5 rings (SSSR count). The summed E-state index contributed by atoms with van der Waals surface area (Å²) in [7, 11) is 2.91. The Balaban J connectivity index is 1.74. The van der Waals surface area contributed by atoms with Crippen LogP contribution in [0.5, 0.6) is 11.5 Å². The number of nitrogens with zero attached hydrogens (tertiary/aromatic N) is 2. The van der Waals surface area contributed by atoms with Crippen LogP contribution >= 0.6 is 11.6 Å². The maximum Gasteiger partial charge on any atom is 0.335 e. The number of fused-ring (bicyclic) bond motifs is 1. The molecule has 0 bridgehead atoms. The molecule has 0 saturated carbocycles. The number of ether oxygens (including phenoxy) is 2. The highest BCUT2D eigenvalue weighted by Gasteiger charge is 2.48. The predicted octanol–water partition coefficient (Wildman–Crippen LogP) is 4.56. The summed E-state index contributed by atoms with van der Waals surface area (Å²) in [6.07, 6.45) is 0. The van der Waals surface area contributed by atoms with Crippen LogP contribution in [-0.2, 0) is 9.59 Å². The lowest BCUT2D eigenvalue weighted by molar-refractivity contribution is -0.132. The molecule has 0 spiro atoms. The van der Waals surface area contributed by atoms with E-state index < -0.39 is 29.5 Å². The number of hydrogen-bond donors (Lipinski definition) is 3. The van der Waals surface area contributed by atoms with Crippen molar-refractivity contribution >= 4 is 52.0 Å². The summed E-state index contributed by atoms with van der Waals surface area (Å²) >= 11 is 6.16. The number of imidazole rings is 1. The molecular weight excluding hydrogens is 514 g/mol. The highest BCUT2D eigenvalue weighted by molar-refractivity contribution is 6.51. The summed E-state index contributed by atoms with van der Waals surface area (Å²) in [5.41, 5.74) is 1.18. The summed E-state index contributed by atoms with van der Waals surface area (Å²) in [6, 6.07) is 14.3. The number of Topliss-reactive ketones (excluding diaryl/α,β-unsaturated/α-hetero) is 1. The van der Waals surface area contributed by atoms with E-state index in [1.165, 1.54) is 44.6 Å². The van der Waals surface area contributed by atoms with E-state index >= 15 is 0 Å². The van der Waals surface area contributed by atoms with E-state index in [-0.39, 0.29) is 33.4 Å². The zero-order valence-corrected chi connectivity index (χ0v) is 20.8. The standard InChI is InChI=1S/C27H20ClN3O7/c1-37-16-7-3-13(4-8-16)22-21(23(32)17-12-15(28)6-10-20(17)38-2)24(33)25(34)31(22)27-29-18-9-5-14(26(35)36)11-19(18)30-27/h3-12,22,32H,1-2H3,(H,29,30)(H,35,36)/b23-21+. The number of aromatic nitrogens is 2. The van der Waals surface area contributed by atoms with E-state index in [0.29, 0.717) is 22.3 Å². The minimum Gasteiger partial charge on any atom is -0.507 e. The number of anilines is 1. The van der Waals surface area contributed by atoms with Crippen molar-refractivity contribution in [3.8, 4) is 11.5 Å². The number of ketones is 1. The second kappa shape index (κ2) is 9.56. The number of rotatable bonds is 6. The van der Waals surface area contributed by atoms with Crippen LogP contribution in [0.4, 0.5) is 5.95 Å². The van der Waals surface area contributed by atoms with E-state index in [9.17, 15) is 24.6 Å². The largest absolute Gasteiger partial charge is 0.507 e. The summed E-state index contributed by atoms with van der Waals surface area (Å²) < 4.78 is 10.6. The number of amides is 1. The Kier molecular flexibility index (Phi) is 6.25. The number of aliphatic hydroxyl groups excluding tert-OH is 1. The summed E-state index contributed by atoms with van der Waals surface area (Å²) in [5, 5.41) is 21.0. The van der Waals surface area contributed by atoms with Crippen molar-refractivity contribution in [3.63, 3.8) is 0 Å². The number of carboxylic acid groups (broad SMARTS) is 1. The van der Waals surface area contributed by atoms with Gasteiger partial charge in [-0.1, -0.05) is 23.7 Å². The van der Waals surface area contributed by atoms with Gasteiger partial charge in [0.05, 0.1) is 48.0 Å². The van der Waals surface area contributed by atoms with Gasteiger partial charge in [-0.2, -0.15) is 0 Å². The monoisotopic (exact) mass is 533 g/mol. The molecule has 1 aromatic heterocycles. The number of carbonyl (C=O) groups excluding carboxylic acids is 2. The van der Waals surface area contributed by atoms with E-state index in [1.807, 2.05) is 0 Å². The predicted molar refractivity (Wildman–Crippen MR) is 139 cm³/mol. The van der Waals surface area contributed by atoms with Gasteiger partial charge in [-0.25, -0.2) is 9.78 Å². The first-order chi connectivity index (χ1) is 18.2. The first-order valence-corrected chi connectivity index (χ1v) is 11.6. The molecule has 2 heterocycles. The number of carboxylic acids is 1. The fourth-order valence-electron chi connectivity index (χ4n) is 4.41. The van der Waals surface area contributed by atoms with Gasteiger partial charge in [0.1, 0.15) is 17.3 Å². The van der Waals surface area contributed by atoms with Crippen molar-refractivity contribution in [1.82, 2.24) is 9.97 Å². The highest BCUT2D eigenvalue weighted by Crippen LogP contribution is 2.43. The number of nitrogens with one attached hydrogen (secondary N) is 1. The van der Waals surface area contributed by atoms with Gasteiger partial charge < -0.3 is 24.7 Å². The van der Waals surface area contributed by atoms with E-state index in [4.69, 9.17) is 21.1 Å². The van der Waals surface area contributed by atoms with Gasteiger partial charge in [-0.05, 0) is 54.1 Å². The Hall–Kier alpha value is -4.83. The maximum atomic E-state index is 13.4. The SMILES string of the molecule is COc1ccc(C2/C(=C(\O)c3cc(Cl)ccc3OC)C(=O)C(=O)N2c2nc3ccc(C(=O)O)cc3[nH]2)cc1. The minimum absolute atomic E-state index is 0.00238. The van der Waals surface area contributed by atoms with Crippen molar-refractivity contribution in [2.75, 3.05) is 19.1 Å². The van der Waals surface area contributed by atoms with Crippen molar-refractivity contribution in [2.45, 2.75) is 6.04 Å². The summed E-state index contributed by atoms with van der Waals surface area (Å²) in [5.74, 6) is -2.69. The van der Waals surface area contributed by atoms with Gasteiger partial charge in [-0.3, -0.25) is 14.5 Å². The van der Waals surface area contributed by atoms with Gasteiger partial charge in [0.25, 0.3) is 5.78 Å². The van der Waals surface area contributed by atoms with Crippen LogP contribution < -0.4 is 14.4 Å². The molecular formula is C27H20ClN3O7. The average molecular weight is 534 g/mol. The third kappa shape index (κ3) is 4.10. The zero-order valence-electron chi connectivity index (χ0n) is 20.1. The smallest absolute Gasteiger partial charge is 0.335 e. The van der Waals surface area contributed by atoms with Crippen LogP contribution in [0, 0.1) is 0 Å². The van der Waals surface area contributed by atoms with Gasteiger partial charge in [0, 0.05) is 5.02 Å². The van der Waals surface area contributed by atoms with Crippen molar-refractivity contribution in [1.29, 1.82) is 0 Å². The van der Waals surface area contributed by atoms with Crippen LogP contribution in [0.15, 0.2) is 66.2 Å². The molecule has 0 aliphatic carbocycles. The first kappa shape index (κ1) is 24.8. The van der Waals surface area contributed by atoms with Crippen molar-refractivity contribution < 1.29 is 34.1 Å². The quantitative estimate of drug-likeness (QED) is 0.186. The lowest BCUT2D eigenvalue weighted by Crippen LogP contribution is -2.30. The Morgan fingerprint density at radius 3 is 2.39 bits per heavy atom. The molecule has 1 aliphatic rings. The van der Waals surface area contributed by atoms with Crippen LogP contribution in [0.25, 0.3) is 16.8 Å². The lowest BCUT2D eigenvalue weighted by atomic mass is 9.95. The molecule has 3 aromatic carbocycles. The topological polar surface area (TPSA) is 142 Å². The van der Waals surface area contributed by atoms with E-state index in [1.54, 1.807) is 30.3 Å². The fraction of sp³-hybridized carbons (Fsp3) is 0.111. The highest BCUT2D eigenvalue weighted by atomic mass is 35.5. The van der Waals surface area contributed by atoms with Gasteiger partial charge >= 0.3 is 11.9 Å². The number of H-pyrrole nitrogens is 1. The van der Waals surface area contributed by atoms with E-state index in [0.717, 1.165) is 4.90 Å². The normalized spacial score (nSPS) is 16.7. The van der Waals surface area contributed by atoms with Gasteiger partial charge in [0.2, 0.25) is 5.95 Å². The third-order valence-electron chi connectivity index (χ3n) is 6.24. The van der Waals surface area contributed by atoms with Crippen LogP contribution in [0.2, 0.25) is 5.02 Å². The molecule has 11 heteroatoms. The summed E-state index contributed by atoms with van der Waals surface area (Å²) in [4.78, 5) is 46.8. The fourth-order valence-corrected chi connectivity index (χ4v) is 4.58. The maximum absolute atomic E-state index is 13.4. The molecule has 3 N–H and O–H groups in total. The van der Waals surface area contributed by atoms with Crippen molar-refractivity contribution in [2.24, 2.45) is 0 Å². The number of carbonyl (C=O) groups is 3. The Morgan fingerprint density at radius 1 is 1.00 bits per heavy atom. The Bertz CT molecular complexity index is 1640. The molecule has 4 aromatic rings. The molecule has 1 aliphatic heterocycles. The molecule has 1 atom stereocenters. The number of halogens is 1. The zero-order chi connectivity index (χ0) is 27.1. The number of benzene rings is 3. The lowest BCUT2D eigenvalue weighted by Gasteiger charge is -2.23. The molecule has 1 fully saturated rings. The second-order valence-corrected chi connectivity index (χ2v) is 8.82. The molecule has 1 amide bonds. The molecule has 10 nitrogen and oxygen atoms in total. The third-order valence-corrected chi connectivity index (χ3v) is 6.47. The molecule has 1 unspecified atom stereocenters. The van der Waals surface area contributed by atoms with Gasteiger partial charge in [-0.15, -0.1) is 0 Å². The molecule has 192 valence electrons. The number of methoxy groups -OCH3 is 2. The number of aromatic amines is 1. The second-order valence-electron chi connectivity index (χ2n) is 8.38. The first-order valence-electron chi connectivity index (χ1n) is 11.3. The van der Waals surface area contributed by atoms with Crippen molar-refractivity contribution in [3.05, 3.63) is 87.9 Å². The van der Waals surface area contributed by atoms with Gasteiger partial charge in [0.15, 0.2) is 0 Å². The van der Waals surface area contributed by atoms with Crippen LogP contribution in [-0.4, -0.2) is 52.1 Å². The average Bonchev–Trinajstić information content (AvgIpc) is 3.45. The Morgan fingerprint density at radius 2 is 1.74 bits per heavy atom. The summed E-state index contributed by atoms with van der Waals surface area (Å²) in [6.45, 7) is 0.